The second-order valence-electron chi connectivity index (χ2n) is 4.76. The van der Waals surface area contributed by atoms with Crippen molar-refractivity contribution < 1.29 is 14.8 Å². The van der Waals surface area contributed by atoms with Crippen LogP contribution in [0.4, 0.5) is 0 Å². The summed E-state index contributed by atoms with van der Waals surface area (Å²) >= 11 is 0. The number of rotatable bonds is 5. The molecule has 0 aromatic heterocycles. The monoisotopic (exact) mass is 308 g/mol. The second kappa shape index (κ2) is 7.72. The number of primary amides is 1. The van der Waals surface area contributed by atoms with Gasteiger partial charge in [-0.3, -0.25) is 14.8 Å². The van der Waals surface area contributed by atoms with Gasteiger partial charge in [0.05, 0.1) is 0 Å². The van der Waals surface area contributed by atoms with E-state index in [4.69, 9.17) is 10.9 Å². The average Bonchev–Trinajstić information content (AvgIpc) is 2.59. The van der Waals surface area contributed by atoms with Crippen LogP contribution in [0.2, 0.25) is 0 Å². The Kier molecular flexibility index (Phi) is 5.44. The van der Waals surface area contributed by atoms with Gasteiger partial charge in [0.15, 0.2) is 0 Å². The number of hydrogen-bond acceptors (Lipinski definition) is 3. The highest BCUT2D eigenvalue weighted by molar-refractivity contribution is 6.23. The summed E-state index contributed by atoms with van der Waals surface area (Å²) in [6.45, 7) is 0. The quantitative estimate of drug-likeness (QED) is 0.342. The molecule has 2 rings (SSSR count). The van der Waals surface area contributed by atoms with Crippen molar-refractivity contribution in [3.8, 4) is 0 Å². The van der Waals surface area contributed by atoms with Gasteiger partial charge in [-0.15, -0.1) is 0 Å². The Hall–Kier alpha value is -3.18. The standard InChI is InChI=1S/C18H16N2O3/c19-18(22)16(15-4-2-1-3-5-15)12-14-8-6-13(7-9-14)10-11-17(21)20-23/h1-12,23H,(H2,19,22)(H,20,21)/b11-10+,16-12+. The van der Waals surface area contributed by atoms with Gasteiger partial charge in [-0.2, -0.15) is 0 Å². The molecule has 5 heteroatoms. The Morgan fingerprint density at radius 3 is 2.13 bits per heavy atom. The topological polar surface area (TPSA) is 92.4 Å². The maximum atomic E-state index is 11.7. The lowest BCUT2D eigenvalue weighted by molar-refractivity contribution is -0.124. The normalized spacial score (nSPS) is 11.4. The fourth-order valence-electron chi connectivity index (χ4n) is 1.99. The first-order chi connectivity index (χ1) is 11.1. The molecule has 0 bridgehead atoms. The van der Waals surface area contributed by atoms with Crippen molar-refractivity contribution in [3.63, 3.8) is 0 Å². The van der Waals surface area contributed by atoms with Gasteiger partial charge in [-0.25, -0.2) is 5.48 Å². The lowest BCUT2D eigenvalue weighted by Crippen LogP contribution is -2.14. The van der Waals surface area contributed by atoms with Gasteiger partial charge in [0.25, 0.3) is 5.91 Å². The molecule has 0 spiro atoms. The summed E-state index contributed by atoms with van der Waals surface area (Å²) in [5.74, 6) is -1.10. The number of hydrogen-bond donors (Lipinski definition) is 3. The molecule has 2 aromatic rings. The average molecular weight is 308 g/mol. The second-order valence-corrected chi connectivity index (χ2v) is 4.76. The van der Waals surface area contributed by atoms with Crippen LogP contribution in [0.5, 0.6) is 0 Å². The van der Waals surface area contributed by atoms with Gasteiger partial charge in [-0.1, -0.05) is 54.6 Å². The molecule has 0 fully saturated rings. The highest BCUT2D eigenvalue weighted by Crippen LogP contribution is 2.18. The van der Waals surface area contributed by atoms with Crippen molar-refractivity contribution in [1.82, 2.24) is 5.48 Å². The molecule has 0 aliphatic carbocycles. The predicted molar refractivity (Wildman–Crippen MR) is 88.9 cm³/mol. The number of hydroxylamine groups is 1. The molecule has 0 aliphatic heterocycles. The van der Waals surface area contributed by atoms with E-state index in [0.29, 0.717) is 5.57 Å². The van der Waals surface area contributed by atoms with E-state index in [1.54, 1.807) is 24.3 Å². The third-order valence-corrected chi connectivity index (χ3v) is 3.14. The van der Waals surface area contributed by atoms with Crippen LogP contribution in [-0.2, 0) is 9.59 Å². The van der Waals surface area contributed by atoms with E-state index < -0.39 is 11.8 Å². The first-order valence-corrected chi connectivity index (χ1v) is 6.89. The summed E-state index contributed by atoms with van der Waals surface area (Å²) in [4.78, 5) is 22.6. The summed E-state index contributed by atoms with van der Waals surface area (Å²) < 4.78 is 0. The van der Waals surface area contributed by atoms with E-state index in [1.165, 1.54) is 11.6 Å². The molecule has 5 nitrogen and oxygen atoms in total. The third kappa shape index (κ3) is 4.66. The summed E-state index contributed by atoms with van der Waals surface area (Å²) in [5, 5.41) is 8.41. The van der Waals surface area contributed by atoms with Crippen LogP contribution in [0.15, 0.2) is 60.7 Å². The molecule has 0 heterocycles. The molecule has 4 N–H and O–H groups in total. The van der Waals surface area contributed by atoms with Gasteiger partial charge in [0.2, 0.25) is 5.91 Å². The lowest BCUT2D eigenvalue weighted by Gasteiger charge is -2.04. The predicted octanol–water partition coefficient (Wildman–Crippen LogP) is 2.23. The van der Waals surface area contributed by atoms with Crippen LogP contribution in [0.3, 0.4) is 0 Å². The third-order valence-electron chi connectivity index (χ3n) is 3.14. The molecular weight excluding hydrogens is 292 g/mol. The van der Waals surface area contributed by atoms with E-state index in [-0.39, 0.29) is 0 Å². The minimum Gasteiger partial charge on any atom is -0.366 e. The number of benzene rings is 2. The first-order valence-electron chi connectivity index (χ1n) is 6.89. The molecule has 0 aliphatic rings. The zero-order chi connectivity index (χ0) is 16.7. The molecule has 23 heavy (non-hydrogen) atoms. The van der Waals surface area contributed by atoms with Gasteiger partial charge in [0, 0.05) is 11.6 Å². The van der Waals surface area contributed by atoms with E-state index in [0.717, 1.165) is 16.7 Å². The summed E-state index contributed by atoms with van der Waals surface area (Å²) in [6.07, 6.45) is 4.49. The fraction of sp³-hybridized carbons (Fsp3) is 0. The minimum absolute atomic E-state index is 0.425. The van der Waals surface area contributed by atoms with Crippen LogP contribution in [-0.4, -0.2) is 17.0 Å². The van der Waals surface area contributed by atoms with Crippen molar-refractivity contribution in [2.24, 2.45) is 5.73 Å². The molecule has 0 radical (unpaired) electrons. The Balaban J connectivity index is 2.25. The highest BCUT2D eigenvalue weighted by Gasteiger charge is 2.07. The van der Waals surface area contributed by atoms with Gasteiger partial charge in [-0.05, 0) is 28.8 Å². The summed E-state index contributed by atoms with van der Waals surface area (Å²) in [6, 6.07) is 16.4. The van der Waals surface area contributed by atoms with E-state index in [2.05, 4.69) is 0 Å². The molecule has 0 saturated heterocycles. The Morgan fingerprint density at radius 2 is 1.57 bits per heavy atom. The largest absolute Gasteiger partial charge is 0.366 e. The van der Waals surface area contributed by atoms with Crippen LogP contribution < -0.4 is 11.2 Å². The van der Waals surface area contributed by atoms with E-state index >= 15 is 0 Å². The number of nitrogens with two attached hydrogens (primary N) is 1. The summed E-state index contributed by atoms with van der Waals surface area (Å²) in [5.41, 5.74) is 9.75. The van der Waals surface area contributed by atoms with E-state index in [9.17, 15) is 9.59 Å². The maximum Gasteiger partial charge on any atom is 0.267 e. The number of carbonyl (C=O) groups is 2. The zero-order valence-corrected chi connectivity index (χ0v) is 12.3. The number of amides is 2. The number of nitrogens with one attached hydrogen (secondary N) is 1. The number of carbonyl (C=O) groups excluding carboxylic acids is 2. The van der Waals surface area contributed by atoms with Gasteiger partial charge >= 0.3 is 0 Å². The van der Waals surface area contributed by atoms with E-state index in [1.807, 2.05) is 42.5 Å². The van der Waals surface area contributed by atoms with Gasteiger partial charge in [0.1, 0.15) is 0 Å². The van der Waals surface area contributed by atoms with Crippen molar-refractivity contribution in [1.29, 1.82) is 0 Å². The van der Waals surface area contributed by atoms with Crippen molar-refractivity contribution >= 4 is 29.5 Å². The molecule has 0 atom stereocenters. The Morgan fingerprint density at radius 1 is 0.957 bits per heavy atom. The van der Waals surface area contributed by atoms with Gasteiger partial charge < -0.3 is 5.73 Å². The van der Waals surface area contributed by atoms with Crippen molar-refractivity contribution in [3.05, 3.63) is 77.4 Å². The molecule has 2 aromatic carbocycles. The molecule has 2 amide bonds. The lowest BCUT2D eigenvalue weighted by atomic mass is 10.0. The van der Waals surface area contributed by atoms with Crippen molar-refractivity contribution in [2.75, 3.05) is 0 Å². The first kappa shape index (κ1) is 16.2. The Labute approximate surface area is 133 Å². The van der Waals surface area contributed by atoms with Crippen LogP contribution in [0, 0.1) is 0 Å². The van der Waals surface area contributed by atoms with Crippen LogP contribution >= 0.6 is 0 Å². The van der Waals surface area contributed by atoms with Crippen LogP contribution in [0.25, 0.3) is 17.7 Å². The summed E-state index contributed by atoms with van der Waals surface area (Å²) in [7, 11) is 0. The minimum atomic E-state index is -0.603. The fourth-order valence-corrected chi connectivity index (χ4v) is 1.99. The SMILES string of the molecule is NC(=O)/C(=C/c1ccc(/C=C/C(=O)NO)cc1)c1ccccc1. The smallest absolute Gasteiger partial charge is 0.267 e. The zero-order valence-electron chi connectivity index (χ0n) is 12.3. The highest BCUT2D eigenvalue weighted by atomic mass is 16.5. The molecule has 0 unspecified atom stereocenters. The molecular formula is C18H16N2O3. The molecule has 0 saturated carbocycles. The maximum absolute atomic E-state index is 11.7. The van der Waals surface area contributed by atoms with Crippen LogP contribution in [0.1, 0.15) is 16.7 Å². The molecule has 116 valence electrons. The van der Waals surface area contributed by atoms with Crippen molar-refractivity contribution in [2.45, 2.75) is 0 Å². The Bertz CT molecular complexity index is 748.